The molecule has 94 valence electrons. The Bertz CT molecular complexity index is 247. The molecule has 1 unspecified atom stereocenters. The summed E-state index contributed by atoms with van der Waals surface area (Å²) in [6.07, 6.45) is -0.878. The van der Waals surface area contributed by atoms with Crippen LogP contribution in [0.15, 0.2) is 4.99 Å². The summed E-state index contributed by atoms with van der Waals surface area (Å²) in [5.41, 5.74) is 15.3. The van der Waals surface area contributed by atoms with Crippen molar-refractivity contribution in [2.75, 3.05) is 6.54 Å². The Kier molecular flexibility index (Phi) is 9.76. The molecule has 0 rings (SSSR count). The number of nitrogens with two attached hydrogens (primary N) is 3. The molecule has 0 radical (unpaired) electrons. The molecule has 9 heteroatoms. The van der Waals surface area contributed by atoms with Crippen molar-refractivity contribution in [1.29, 1.82) is 0 Å². The summed E-state index contributed by atoms with van der Waals surface area (Å²) in [7, 11) is 0. The van der Waals surface area contributed by atoms with Gasteiger partial charge in [0.25, 0.3) is 0 Å². The highest BCUT2D eigenvalue weighted by molar-refractivity contribution is 5.75. The first-order chi connectivity index (χ1) is 7.27. The van der Waals surface area contributed by atoms with E-state index >= 15 is 0 Å². The van der Waals surface area contributed by atoms with E-state index in [1.807, 2.05) is 0 Å². The number of carboxylic acids is 1. The Labute approximate surface area is 91.6 Å². The van der Waals surface area contributed by atoms with Gasteiger partial charge in [-0.2, -0.15) is 0 Å². The minimum atomic E-state index is -1.83. The average molecular weight is 236 g/mol. The van der Waals surface area contributed by atoms with Gasteiger partial charge in [-0.15, -0.1) is 0 Å². The highest BCUT2D eigenvalue weighted by Gasteiger charge is 2.09. The van der Waals surface area contributed by atoms with Crippen LogP contribution in [0.3, 0.4) is 0 Å². The lowest BCUT2D eigenvalue weighted by atomic mass is 10.2. The van der Waals surface area contributed by atoms with E-state index in [0.717, 1.165) is 0 Å². The minimum absolute atomic E-state index is 0.0129. The molecule has 0 aromatic rings. The number of carboxylic acid groups (broad SMARTS) is 3. The van der Waals surface area contributed by atoms with Gasteiger partial charge in [-0.05, 0) is 12.8 Å². The van der Waals surface area contributed by atoms with Gasteiger partial charge in [-0.1, -0.05) is 0 Å². The molecule has 0 amide bonds. The average Bonchev–Trinajstić information content (AvgIpc) is 2.10. The Balaban J connectivity index is 0. The number of hydrogen-bond acceptors (Lipinski definition) is 4. The van der Waals surface area contributed by atoms with Gasteiger partial charge in [-0.3, -0.25) is 9.79 Å². The van der Waals surface area contributed by atoms with Crippen LogP contribution in [-0.2, 0) is 4.79 Å². The fourth-order valence-corrected chi connectivity index (χ4v) is 0.643. The quantitative estimate of drug-likeness (QED) is 0.192. The van der Waals surface area contributed by atoms with Crippen LogP contribution >= 0.6 is 0 Å². The van der Waals surface area contributed by atoms with Crippen LogP contribution in [0.2, 0.25) is 0 Å². The zero-order valence-corrected chi connectivity index (χ0v) is 8.54. The predicted molar refractivity (Wildman–Crippen MR) is 56.2 cm³/mol. The normalized spacial score (nSPS) is 10.6. The largest absolute Gasteiger partial charge is 0.503 e. The number of aliphatic imine (C=N–C) groups is 1. The smallest absolute Gasteiger partial charge is 0.480 e. The van der Waals surface area contributed by atoms with Gasteiger partial charge < -0.3 is 32.5 Å². The van der Waals surface area contributed by atoms with Gasteiger partial charge in [0.05, 0.1) is 0 Å². The van der Waals surface area contributed by atoms with Crippen molar-refractivity contribution in [3.63, 3.8) is 0 Å². The first-order valence-electron chi connectivity index (χ1n) is 4.23. The van der Waals surface area contributed by atoms with Gasteiger partial charge >= 0.3 is 12.1 Å². The third-order valence-corrected chi connectivity index (χ3v) is 1.28. The van der Waals surface area contributed by atoms with Gasteiger partial charge in [0, 0.05) is 6.54 Å². The van der Waals surface area contributed by atoms with Crippen LogP contribution in [0.4, 0.5) is 4.79 Å². The SMILES string of the molecule is NC(N)=NCCCC(N)C(=O)O.O=C(O)O. The highest BCUT2D eigenvalue weighted by atomic mass is 16.6. The van der Waals surface area contributed by atoms with Crippen LogP contribution in [-0.4, -0.2) is 46.0 Å². The number of nitrogens with zero attached hydrogens (tertiary/aromatic N) is 1. The zero-order chi connectivity index (χ0) is 13.1. The van der Waals surface area contributed by atoms with Crippen molar-refractivity contribution in [2.45, 2.75) is 18.9 Å². The summed E-state index contributed by atoms with van der Waals surface area (Å²) in [5.74, 6) is -0.987. The summed E-state index contributed by atoms with van der Waals surface area (Å²) in [5, 5.41) is 22.3. The van der Waals surface area contributed by atoms with E-state index in [4.69, 9.17) is 37.3 Å². The molecular weight excluding hydrogens is 220 g/mol. The van der Waals surface area contributed by atoms with Crippen molar-refractivity contribution in [2.24, 2.45) is 22.2 Å². The molecule has 1 atom stereocenters. The van der Waals surface area contributed by atoms with Crippen LogP contribution in [0, 0.1) is 0 Å². The zero-order valence-electron chi connectivity index (χ0n) is 8.54. The van der Waals surface area contributed by atoms with Crippen molar-refractivity contribution in [3.05, 3.63) is 0 Å². The van der Waals surface area contributed by atoms with E-state index in [1.165, 1.54) is 0 Å². The molecule has 0 aromatic heterocycles. The van der Waals surface area contributed by atoms with E-state index < -0.39 is 18.2 Å². The molecule has 9 nitrogen and oxygen atoms in total. The Morgan fingerprint density at radius 1 is 1.19 bits per heavy atom. The fraction of sp³-hybridized carbons (Fsp3) is 0.571. The number of hydrogen-bond donors (Lipinski definition) is 6. The van der Waals surface area contributed by atoms with Gasteiger partial charge in [0.15, 0.2) is 5.96 Å². The summed E-state index contributed by atoms with van der Waals surface area (Å²) >= 11 is 0. The molecule has 0 saturated carbocycles. The molecule has 0 aromatic carbocycles. The lowest BCUT2D eigenvalue weighted by Gasteiger charge is -2.03. The lowest BCUT2D eigenvalue weighted by molar-refractivity contribution is -0.138. The summed E-state index contributed by atoms with van der Waals surface area (Å²) in [4.78, 5) is 22.5. The molecule has 0 aliphatic heterocycles. The molecular formula is C7H16N4O5. The summed E-state index contributed by atoms with van der Waals surface area (Å²) < 4.78 is 0. The van der Waals surface area contributed by atoms with E-state index in [-0.39, 0.29) is 5.96 Å². The second kappa shape index (κ2) is 9.52. The van der Waals surface area contributed by atoms with Crippen molar-refractivity contribution in [3.8, 4) is 0 Å². The van der Waals surface area contributed by atoms with Gasteiger partial charge in [0.1, 0.15) is 6.04 Å². The van der Waals surface area contributed by atoms with E-state index in [0.29, 0.717) is 19.4 Å². The van der Waals surface area contributed by atoms with Crippen LogP contribution in [0.1, 0.15) is 12.8 Å². The summed E-state index contributed by atoms with van der Waals surface area (Å²) in [6.45, 7) is 0.420. The lowest BCUT2D eigenvalue weighted by Crippen LogP contribution is -2.30. The van der Waals surface area contributed by atoms with Crippen molar-refractivity contribution >= 4 is 18.1 Å². The first kappa shape index (κ1) is 16.4. The first-order valence-corrected chi connectivity index (χ1v) is 4.23. The maximum absolute atomic E-state index is 10.2. The molecule has 0 spiro atoms. The Morgan fingerprint density at radius 2 is 1.62 bits per heavy atom. The number of carbonyl (C=O) groups is 2. The second-order valence-electron chi connectivity index (χ2n) is 2.68. The van der Waals surface area contributed by atoms with Crippen LogP contribution in [0.25, 0.3) is 0 Å². The monoisotopic (exact) mass is 236 g/mol. The number of guanidine groups is 1. The van der Waals surface area contributed by atoms with Crippen LogP contribution in [0.5, 0.6) is 0 Å². The maximum Gasteiger partial charge on any atom is 0.503 e. The summed E-state index contributed by atoms with van der Waals surface area (Å²) in [6, 6.07) is -0.820. The molecule has 9 N–H and O–H groups in total. The molecule has 0 bridgehead atoms. The van der Waals surface area contributed by atoms with Crippen molar-refractivity contribution < 1.29 is 24.9 Å². The molecule has 16 heavy (non-hydrogen) atoms. The molecule has 0 saturated heterocycles. The van der Waals surface area contributed by atoms with E-state index in [9.17, 15) is 4.79 Å². The standard InChI is InChI=1S/C6H14N4O2.CH2O3/c7-4(5(11)12)2-1-3-10-6(8)9;2-1(3)4/h4H,1-3,7H2,(H,11,12)(H4,8,9,10);(H2,2,3,4). The number of rotatable bonds is 5. The Hall–Kier alpha value is -2.03. The molecule has 0 heterocycles. The third-order valence-electron chi connectivity index (χ3n) is 1.28. The van der Waals surface area contributed by atoms with Gasteiger partial charge in [0.2, 0.25) is 0 Å². The van der Waals surface area contributed by atoms with Crippen molar-refractivity contribution in [1.82, 2.24) is 0 Å². The molecule has 0 aliphatic carbocycles. The second-order valence-corrected chi connectivity index (χ2v) is 2.68. The maximum atomic E-state index is 10.2. The molecule has 0 aliphatic rings. The topological polar surface area (TPSA) is 185 Å². The predicted octanol–water partition coefficient (Wildman–Crippen LogP) is -1.33. The fourth-order valence-electron chi connectivity index (χ4n) is 0.643. The highest BCUT2D eigenvalue weighted by Crippen LogP contribution is 1.94. The van der Waals surface area contributed by atoms with Crippen LogP contribution < -0.4 is 17.2 Å². The van der Waals surface area contributed by atoms with E-state index in [1.54, 1.807) is 0 Å². The van der Waals surface area contributed by atoms with Gasteiger partial charge in [-0.25, -0.2) is 4.79 Å². The minimum Gasteiger partial charge on any atom is -0.480 e. The van der Waals surface area contributed by atoms with E-state index in [2.05, 4.69) is 4.99 Å². The number of aliphatic carboxylic acids is 1. The third kappa shape index (κ3) is 17.9. The molecule has 0 fully saturated rings. The Morgan fingerprint density at radius 3 is 1.94 bits per heavy atom.